The molecule has 2 heterocycles. The second kappa shape index (κ2) is 7.67. The molecule has 0 N–H and O–H groups in total. The van der Waals surface area contributed by atoms with Gasteiger partial charge in [-0.05, 0) is 42.5 Å². The molecule has 0 aliphatic carbocycles. The standard InChI is InChI=1S/C9H13N.C8H11N/c1-7(2)9-8(3)5-4-6-10-9;1-7(2)8-5-3-4-6-9-8/h4-7H,1-3H3;3-7H,1-2H3. The molecule has 19 heavy (non-hydrogen) atoms. The second-order valence-corrected chi connectivity index (χ2v) is 5.27. The molecule has 0 bridgehead atoms. The van der Waals surface area contributed by atoms with Gasteiger partial charge < -0.3 is 0 Å². The van der Waals surface area contributed by atoms with Crippen LogP contribution in [0.1, 0.15) is 56.5 Å². The van der Waals surface area contributed by atoms with E-state index in [1.165, 1.54) is 11.3 Å². The van der Waals surface area contributed by atoms with Crippen molar-refractivity contribution in [3.8, 4) is 0 Å². The van der Waals surface area contributed by atoms with Gasteiger partial charge in [-0.3, -0.25) is 9.97 Å². The highest BCUT2D eigenvalue weighted by molar-refractivity contribution is 5.20. The van der Waals surface area contributed by atoms with Crippen molar-refractivity contribution in [2.45, 2.75) is 46.5 Å². The fraction of sp³-hybridized carbons (Fsp3) is 0.412. The molecule has 2 nitrogen and oxygen atoms in total. The lowest BCUT2D eigenvalue weighted by Gasteiger charge is -2.05. The van der Waals surface area contributed by atoms with E-state index in [2.05, 4.69) is 50.7 Å². The van der Waals surface area contributed by atoms with Crippen LogP contribution in [0, 0.1) is 6.92 Å². The molecule has 0 fully saturated rings. The van der Waals surface area contributed by atoms with E-state index in [9.17, 15) is 0 Å². The number of aryl methyl sites for hydroxylation is 1. The monoisotopic (exact) mass is 256 g/mol. The fourth-order valence-corrected chi connectivity index (χ4v) is 1.82. The van der Waals surface area contributed by atoms with Crippen molar-refractivity contribution >= 4 is 0 Å². The maximum absolute atomic E-state index is 4.28. The number of pyridine rings is 2. The molecule has 2 heteroatoms. The van der Waals surface area contributed by atoms with E-state index in [0.29, 0.717) is 11.8 Å². The van der Waals surface area contributed by atoms with E-state index in [1.807, 2.05) is 36.7 Å². The number of nitrogens with zero attached hydrogens (tertiary/aromatic N) is 2. The molecule has 0 unspecified atom stereocenters. The van der Waals surface area contributed by atoms with Crippen LogP contribution in [0.3, 0.4) is 0 Å². The molecular weight excluding hydrogens is 232 g/mol. The van der Waals surface area contributed by atoms with Crippen LogP contribution in [0.15, 0.2) is 42.7 Å². The van der Waals surface area contributed by atoms with Gasteiger partial charge in [-0.25, -0.2) is 0 Å². The van der Waals surface area contributed by atoms with Crippen molar-refractivity contribution in [1.82, 2.24) is 9.97 Å². The Morgan fingerprint density at radius 1 is 0.789 bits per heavy atom. The Morgan fingerprint density at radius 2 is 1.47 bits per heavy atom. The quantitative estimate of drug-likeness (QED) is 0.777. The second-order valence-electron chi connectivity index (χ2n) is 5.27. The Hall–Kier alpha value is -1.70. The fourth-order valence-electron chi connectivity index (χ4n) is 1.82. The normalized spacial score (nSPS) is 10.3. The summed E-state index contributed by atoms with van der Waals surface area (Å²) in [6.07, 6.45) is 3.68. The zero-order valence-corrected chi connectivity index (χ0v) is 12.6. The van der Waals surface area contributed by atoms with E-state index in [1.54, 1.807) is 0 Å². The Kier molecular flexibility index (Phi) is 6.20. The molecule has 0 saturated heterocycles. The van der Waals surface area contributed by atoms with Crippen molar-refractivity contribution in [2.24, 2.45) is 0 Å². The van der Waals surface area contributed by atoms with Gasteiger partial charge >= 0.3 is 0 Å². The van der Waals surface area contributed by atoms with Crippen LogP contribution in [0.5, 0.6) is 0 Å². The topological polar surface area (TPSA) is 25.8 Å². The summed E-state index contributed by atoms with van der Waals surface area (Å²) < 4.78 is 0. The number of rotatable bonds is 2. The molecule has 0 atom stereocenters. The molecule has 2 rings (SSSR count). The van der Waals surface area contributed by atoms with Crippen molar-refractivity contribution in [2.75, 3.05) is 0 Å². The Balaban J connectivity index is 0.000000191. The summed E-state index contributed by atoms with van der Waals surface area (Å²) in [5.41, 5.74) is 3.66. The average Bonchev–Trinajstić information content (AvgIpc) is 2.40. The average molecular weight is 256 g/mol. The maximum atomic E-state index is 4.28. The zero-order valence-electron chi connectivity index (χ0n) is 12.6. The smallest absolute Gasteiger partial charge is 0.0458 e. The number of hydrogen-bond acceptors (Lipinski definition) is 2. The molecule has 0 aliphatic heterocycles. The summed E-state index contributed by atoms with van der Waals surface area (Å²) in [5, 5.41) is 0. The Bertz CT molecular complexity index is 476. The minimum atomic E-state index is 0.543. The predicted molar refractivity (Wildman–Crippen MR) is 81.4 cm³/mol. The molecule has 0 amide bonds. The van der Waals surface area contributed by atoms with Crippen molar-refractivity contribution < 1.29 is 0 Å². The Labute approximate surface area is 116 Å². The van der Waals surface area contributed by atoms with Gasteiger partial charge in [-0.1, -0.05) is 39.8 Å². The highest BCUT2D eigenvalue weighted by atomic mass is 14.7. The summed E-state index contributed by atoms with van der Waals surface area (Å²) in [5.74, 6) is 1.09. The molecular formula is C17H24N2. The maximum Gasteiger partial charge on any atom is 0.0458 e. The van der Waals surface area contributed by atoms with E-state index in [0.717, 1.165) is 5.69 Å². The van der Waals surface area contributed by atoms with Crippen molar-refractivity contribution in [3.05, 3.63) is 59.7 Å². The first kappa shape index (κ1) is 15.4. The van der Waals surface area contributed by atoms with E-state index >= 15 is 0 Å². The van der Waals surface area contributed by atoms with Gasteiger partial charge in [0.25, 0.3) is 0 Å². The van der Waals surface area contributed by atoms with E-state index < -0.39 is 0 Å². The largest absolute Gasteiger partial charge is 0.261 e. The highest BCUT2D eigenvalue weighted by Gasteiger charge is 2.01. The van der Waals surface area contributed by atoms with E-state index in [4.69, 9.17) is 0 Å². The molecule has 102 valence electrons. The van der Waals surface area contributed by atoms with Gasteiger partial charge in [-0.2, -0.15) is 0 Å². The van der Waals surface area contributed by atoms with Crippen LogP contribution in [-0.2, 0) is 0 Å². The molecule has 0 radical (unpaired) electrons. The third kappa shape index (κ3) is 5.21. The third-order valence-corrected chi connectivity index (χ3v) is 2.88. The summed E-state index contributed by atoms with van der Waals surface area (Å²) in [6, 6.07) is 10.1. The SMILES string of the molecule is CC(C)c1ccccn1.Cc1cccnc1C(C)C. The van der Waals surface area contributed by atoms with Crippen LogP contribution < -0.4 is 0 Å². The lowest BCUT2D eigenvalue weighted by molar-refractivity contribution is 0.811. The van der Waals surface area contributed by atoms with Crippen LogP contribution in [0.4, 0.5) is 0 Å². The summed E-state index contributed by atoms with van der Waals surface area (Å²) in [7, 11) is 0. The molecule has 0 saturated carbocycles. The van der Waals surface area contributed by atoms with Gasteiger partial charge in [0, 0.05) is 23.8 Å². The summed E-state index contributed by atoms with van der Waals surface area (Å²) in [4.78, 5) is 8.46. The van der Waals surface area contributed by atoms with Crippen LogP contribution in [0.2, 0.25) is 0 Å². The minimum absolute atomic E-state index is 0.543. The molecule has 0 spiro atoms. The van der Waals surface area contributed by atoms with Crippen LogP contribution in [-0.4, -0.2) is 9.97 Å². The van der Waals surface area contributed by atoms with Crippen molar-refractivity contribution in [1.29, 1.82) is 0 Å². The first-order valence-corrected chi connectivity index (χ1v) is 6.84. The lowest BCUT2D eigenvalue weighted by Crippen LogP contribution is -1.94. The molecule has 0 aromatic carbocycles. The van der Waals surface area contributed by atoms with Gasteiger partial charge in [0.2, 0.25) is 0 Å². The Morgan fingerprint density at radius 3 is 1.84 bits per heavy atom. The predicted octanol–water partition coefficient (Wildman–Crippen LogP) is 4.72. The lowest BCUT2D eigenvalue weighted by atomic mass is 10.1. The third-order valence-electron chi connectivity index (χ3n) is 2.88. The van der Waals surface area contributed by atoms with E-state index in [-0.39, 0.29) is 0 Å². The van der Waals surface area contributed by atoms with Crippen LogP contribution in [0.25, 0.3) is 0 Å². The van der Waals surface area contributed by atoms with Crippen LogP contribution >= 0.6 is 0 Å². The first-order valence-electron chi connectivity index (χ1n) is 6.84. The zero-order chi connectivity index (χ0) is 14.3. The first-order chi connectivity index (χ1) is 9.02. The highest BCUT2D eigenvalue weighted by Crippen LogP contribution is 2.14. The van der Waals surface area contributed by atoms with Gasteiger partial charge in [0.15, 0.2) is 0 Å². The molecule has 2 aromatic rings. The number of aromatic nitrogens is 2. The minimum Gasteiger partial charge on any atom is -0.261 e. The summed E-state index contributed by atoms with van der Waals surface area (Å²) in [6.45, 7) is 10.7. The van der Waals surface area contributed by atoms with Gasteiger partial charge in [-0.15, -0.1) is 0 Å². The van der Waals surface area contributed by atoms with Crippen molar-refractivity contribution in [3.63, 3.8) is 0 Å². The number of hydrogen-bond donors (Lipinski definition) is 0. The van der Waals surface area contributed by atoms with Gasteiger partial charge in [0.05, 0.1) is 0 Å². The molecule has 2 aromatic heterocycles. The summed E-state index contributed by atoms with van der Waals surface area (Å²) >= 11 is 0. The van der Waals surface area contributed by atoms with Gasteiger partial charge in [0.1, 0.15) is 0 Å². The molecule has 0 aliphatic rings.